The first-order valence-corrected chi connectivity index (χ1v) is 10.3. The summed E-state index contributed by atoms with van der Waals surface area (Å²) in [5.74, 6) is -0.181. The highest BCUT2D eigenvalue weighted by Gasteiger charge is 2.18. The first kappa shape index (κ1) is 20.3. The molecule has 0 saturated heterocycles. The fourth-order valence-electron chi connectivity index (χ4n) is 2.85. The van der Waals surface area contributed by atoms with Crippen LogP contribution in [0.5, 0.6) is 5.75 Å². The van der Waals surface area contributed by atoms with Crippen LogP contribution in [0.15, 0.2) is 78.9 Å². The Labute approximate surface area is 183 Å². The number of hydrogen-bond acceptors (Lipinski definition) is 7. The Morgan fingerprint density at radius 3 is 2.26 bits per heavy atom. The molecule has 0 radical (unpaired) electrons. The van der Waals surface area contributed by atoms with Crippen LogP contribution in [0, 0.1) is 6.92 Å². The first-order valence-electron chi connectivity index (χ1n) is 9.51. The maximum atomic E-state index is 12.9. The average Bonchev–Trinajstić information content (AvgIpc) is 3.16. The van der Waals surface area contributed by atoms with Gasteiger partial charge >= 0.3 is 5.97 Å². The van der Waals surface area contributed by atoms with Gasteiger partial charge in [-0.2, -0.15) is 0 Å². The fourth-order valence-corrected chi connectivity index (χ4v) is 3.72. The monoisotopic (exact) mass is 429 g/mol. The molecule has 31 heavy (non-hydrogen) atoms. The smallest absolute Gasteiger partial charge is 0.343 e. The number of anilines is 3. The predicted molar refractivity (Wildman–Crippen MR) is 122 cm³/mol. The third kappa shape index (κ3) is 4.79. The molecule has 0 unspecified atom stereocenters. The Kier molecular flexibility index (Phi) is 5.77. The summed E-state index contributed by atoms with van der Waals surface area (Å²) in [5.41, 5.74) is 8.88. The lowest BCUT2D eigenvalue weighted by Gasteiger charge is -2.05. The lowest BCUT2D eigenvalue weighted by Crippen LogP contribution is -2.08. The Bertz CT molecular complexity index is 1220. The number of aromatic nitrogens is 1. The number of esters is 1. The van der Waals surface area contributed by atoms with Crippen molar-refractivity contribution in [2.75, 3.05) is 11.1 Å². The molecular weight excluding hydrogens is 410 g/mol. The second-order valence-electron chi connectivity index (χ2n) is 6.83. The zero-order valence-electron chi connectivity index (χ0n) is 16.7. The van der Waals surface area contributed by atoms with Crippen LogP contribution in [0.4, 0.5) is 16.6 Å². The standard InChI is InChI=1S/C24H19N3O3S/c1-15-7-11-18(12-8-15)26-24-27-22(25)21(31-24)20(28)16-9-13-19(14-10-16)30-23(29)17-5-3-2-4-6-17/h2-14H,25H2,1H3,(H,26,27). The lowest BCUT2D eigenvalue weighted by atomic mass is 10.1. The number of nitrogens with zero attached hydrogens (tertiary/aromatic N) is 1. The minimum Gasteiger partial charge on any atom is -0.423 e. The number of nitrogen functional groups attached to an aromatic ring is 1. The number of hydrogen-bond donors (Lipinski definition) is 2. The molecule has 0 aliphatic heterocycles. The molecule has 3 N–H and O–H groups in total. The van der Waals surface area contributed by atoms with Gasteiger partial charge in [0.05, 0.1) is 5.56 Å². The van der Waals surface area contributed by atoms with Crippen LogP contribution in [0.25, 0.3) is 0 Å². The molecule has 1 aromatic heterocycles. The van der Waals surface area contributed by atoms with Crippen LogP contribution in [-0.2, 0) is 0 Å². The Hall–Kier alpha value is -3.97. The number of nitrogens with one attached hydrogen (secondary N) is 1. The number of benzene rings is 3. The Morgan fingerprint density at radius 1 is 0.903 bits per heavy atom. The molecule has 0 fully saturated rings. The number of rotatable bonds is 6. The molecular formula is C24H19N3O3S. The summed E-state index contributed by atoms with van der Waals surface area (Å²) in [7, 11) is 0. The van der Waals surface area contributed by atoms with Crippen molar-refractivity contribution >= 4 is 39.7 Å². The van der Waals surface area contributed by atoms with Gasteiger partial charge in [0.15, 0.2) is 5.13 Å². The highest BCUT2D eigenvalue weighted by Crippen LogP contribution is 2.30. The van der Waals surface area contributed by atoms with E-state index in [4.69, 9.17) is 10.5 Å². The maximum Gasteiger partial charge on any atom is 0.343 e. The molecule has 0 bridgehead atoms. The normalized spacial score (nSPS) is 10.5. The predicted octanol–water partition coefficient (Wildman–Crippen LogP) is 5.23. The summed E-state index contributed by atoms with van der Waals surface area (Å²) in [6.45, 7) is 2.01. The summed E-state index contributed by atoms with van der Waals surface area (Å²) in [5, 5.41) is 3.70. The van der Waals surface area contributed by atoms with Crippen molar-refractivity contribution in [2.45, 2.75) is 6.92 Å². The van der Waals surface area contributed by atoms with Crippen LogP contribution in [0.2, 0.25) is 0 Å². The van der Waals surface area contributed by atoms with Crippen molar-refractivity contribution in [1.82, 2.24) is 4.98 Å². The largest absolute Gasteiger partial charge is 0.423 e. The van der Waals surface area contributed by atoms with E-state index in [-0.39, 0.29) is 11.6 Å². The van der Waals surface area contributed by atoms with Gasteiger partial charge in [-0.25, -0.2) is 9.78 Å². The van der Waals surface area contributed by atoms with Crippen LogP contribution < -0.4 is 15.8 Å². The second-order valence-corrected chi connectivity index (χ2v) is 7.83. The summed E-state index contributed by atoms with van der Waals surface area (Å²) in [6, 6.07) is 22.9. The van der Waals surface area contributed by atoms with Gasteiger partial charge in [0.25, 0.3) is 0 Å². The molecule has 1 heterocycles. The Morgan fingerprint density at radius 2 is 1.58 bits per heavy atom. The van der Waals surface area contributed by atoms with E-state index in [2.05, 4.69) is 10.3 Å². The Balaban J connectivity index is 1.46. The van der Waals surface area contributed by atoms with Gasteiger partial charge in [-0.05, 0) is 55.5 Å². The van der Waals surface area contributed by atoms with Crippen LogP contribution in [0.1, 0.15) is 31.2 Å². The van der Waals surface area contributed by atoms with E-state index in [0.717, 1.165) is 11.3 Å². The molecule has 4 rings (SSSR count). The van der Waals surface area contributed by atoms with E-state index in [9.17, 15) is 9.59 Å². The minimum absolute atomic E-state index is 0.171. The zero-order chi connectivity index (χ0) is 21.8. The zero-order valence-corrected chi connectivity index (χ0v) is 17.5. The van der Waals surface area contributed by atoms with Crippen molar-refractivity contribution in [3.8, 4) is 5.75 Å². The minimum atomic E-state index is -0.460. The number of ether oxygens (including phenoxy) is 1. The summed E-state index contributed by atoms with van der Waals surface area (Å²) >= 11 is 1.19. The van der Waals surface area contributed by atoms with E-state index < -0.39 is 5.97 Å². The number of ketones is 1. The molecule has 4 aromatic rings. The molecule has 7 heteroatoms. The topological polar surface area (TPSA) is 94.3 Å². The lowest BCUT2D eigenvalue weighted by molar-refractivity contribution is 0.0734. The van der Waals surface area contributed by atoms with Crippen LogP contribution >= 0.6 is 11.3 Å². The molecule has 6 nitrogen and oxygen atoms in total. The average molecular weight is 430 g/mol. The van der Waals surface area contributed by atoms with Gasteiger partial charge in [0.1, 0.15) is 16.4 Å². The molecule has 0 saturated carbocycles. The maximum absolute atomic E-state index is 12.9. The van der Waals surface area contributed by atoms with E-state index in [1.807, 2.05) is 37.3 Å². The summed E-state index contributed by atoms with van der Waals surface area (Å²) < 4.78 is 5.35. The van der Waals surface area contributed by atoms with Gasteiger partial charge in [0, 0.05) is 11.3 Å². The molecule has 0 amide bonds. The third-order valence-electron chi connectivity index (χ3n) is 4.50. The summed E-state index contributed by atoms with van der Waals surface area (Å²) in [6.07, 6.45) is 0. The number of aryl methyl sites for hydroxylation is 1. The first-order chi connectivity index (χ1) is 15.0. The van der Waals surface area contributed by atoms with Crippen molar-refractivity contribution in [1.29, 1.82) is 0 Å². The van der Waals surface area contributed by atoms with E-state index >= 15 is 0 Å². The van der Waals surface area contributed by atoms with E-state index in [1.54, 1.807) is 48.5 Å². The number of thiazole rings is 1. The van der Waals surface area contributed by atoms with E-state index in [0.29, 0.717) is 26.9 Å². The van der Waals surface area contributed by atoms with E-state index in [1.165, 1.54) is 11.3 Å². The van der Waals surface area contributed by atoms with Crippen LogP contribution in [0.3, 0.4) is 0 Å². The SMILES string of the molecule is Cc1ccc(Nc2nc(N)c(C(=O)c3ccc(OC(=O)c4ccccc4)cc3)s2)cc1. The third-order valence-corrected chi connectivity index (χ3v) is 5.48. The molecule has 0 atom stereocenters. The van der Waals surface area contributed by atoms with Gasteiger partial charge in [-0.3, -0.25) is 4.79 Å². The van der Waals surface area contributed by atoms with Crippen molar-refractivity contribution in [2.24, 2.45) is 0 Å². The fraction of sp³-hybridized carbons (Fsp3) is 0.0417. The van der Waals surface area contributed by atoms with Gasteiger partial charge in [-0.1, -0.05) is 47.2 Å². The summed E-state index contributed by atoms with van der Waals surface area (Å²) in [4.78, 5) is 29.6. The van der Waals surface area contributed by atoms with Crippen LogP contribution in [-0.4, -0.2) is 16.7 Å². The highest BCUT2D eigenvalue weighted by molar-refractivity contribution is 7.18. The molecule has 0 aliphatic rings. The molecule has 0 aliphatic carbocycles. The highest BCUT2D eigenvalue weighted by atomic mass is 32.1. The van der Waals surface area contributed by atoms with Crippen molar-refractivity contribution < 1.29 is 14.3 Å². The van der Waals surface area contributed by atoms with Gasteiger partial charge in [-0.15, -0.1) is 0 Å². The molecule has 0 spiro atoms. The van der Waals surface area contributed by atoms with Gasteiger partial charge < -0.3 is 15.8 Å². The molecule has 154 valence electrons. The van der Waals surface area contributed by atoms with Crippen molar-refractivity contribution in [3.05, 3.63) is 100 Å². The number of nitrogens with two attached hydrogens (primary N) is 1. The quantitative estimate of drug-likeness (QED) is 0.248. The van der Waals surface area contributed by atoms with Crippen molar-refractivity contribution in [3.63, 3.8) is 0 Å². The number of carbonyl (C=O) groups is 2. The second kappa shape index (κ2) is 8.81. The molecule has 3 aromatic carbocycles. The van der Waals surface area contributed by atoms with Gasteiger partial charge in [0.2, 0.25) is 5.78 Å². The number of carbonyl (C=O) groups excluding carboxylic acids is 2.